The minimum atomic E-state index is -0.328. The standard InChI is InChI=1S/C21H35N3O.C6H12O2.C2H6/c1-4-16(3)11-20-12-17(8-9-19(20)5-2)14-23-21(25)24-15-18-7-6-10-22-13-18;1-5(7)8-6(2,3)4;1-2/h6-7,10,13,16-17,19-20H,4-5,8-9,11-12,14-15H2,1-3H3,(H2,23,24,25);1-4H3;1-2H3. The number of amides is 2. The molecule has 0 radical (unpaired) electrons. The van der Waals surface area contributed by atoms with Crippen molar-refractivity contribution < 1.29 is 14.3 Å². The number of ether oxygens (including phenoxy) is 1. The van der Waals surface area contributed by atoms with E-state index in [1.807, 2.05) is 46.8 Å². The number of carbonyl (C=O) groups is 2. The highest BCUT2D eigenvalue weighted by atomic mass is 16.6. The van der Waals surface area contributed by atoms with Crippen molar-refractivity contribution in [1.29, 1.82) is 0 Å². The van der Waals surface area contributed by atoms with Crippen LogP contribution in [-0.4, -0.2) is 29.1 Å². The van der Waals surface area contributed by atoms with Gasteiger partial charge in [0.25, 0.3) is 0 Å². The van der Waals surface area contributed by atoms with Gasteiger partial charge in [-0.1, -0.05) is 53.5 Å². The van der Waals surface area contributed by atoms with Gasteiger partial charge in [-0.05, 0) is 81.8 Å². The van der Waals surface area contributed by atoms with Crippen LogP contribution in [0.2, 0.25) is 0 Å². The number of carbonyl (C=O) groups excluding carboxylic acids is 2. The first kappa shape index (κ1) is 32.9. The molecule has 0 spiro atoms. The lowest BCUT2D eigenvalue weighted by Crippen LogP contribution is -2.39. The maximum absolute atomic E-state index is 12.0. The van der Waals surface area contributed by atoms with E-state index in [0.29, 0.717) is 12.5 Å². The van der Waals surface area contributed by atoms with Gasteiger partial charge in [0, 0.05) is 32.4 Å². The number of hydrogen-bond donors (Lipinski definition) is 2. The quantitative estimate of drug-likeness (QED) is 0.379. The summed E-state index contributed by atoms with van der Waals surface area (Å²) in [4.78, 5) is 26.3. The molecular weight excluding hydrogens is 438 g/mol. The number of pyridine rings is 1. The molecule has 202 valence electrons. The Balaban J connectivity index is 0.000000982. The molecule has 6 nitrogen and oxygen atoms in total. The minimum Gasteiger partial charge on any atom is -0.460 e. The molecule has 4 atom stereocenters. The first-order valence-electron chi connectivity index (χ1n) is 13.6. The zero-order chi connectivity index (χ0) is 26.9. The molecular formula is C29H53N3O3. The fourth-order valence-electron chi connectivity index (χ4n) is 4.53. The van der Waals surface area contributed by atoms with Crippen molar-refractivity contribution in [3.8, 4) is 0 Å². The van der Waals surface area contributed by atoms with E-state index in [2.05, 4.69) is 36.4 Å². The number of esters is 1. The highest BCUT2D eigenvalue weighted by molar-refractivity contribution is 5.73. The first-order valence-corrected chi connectivity index (χ1v) is 13.6. The Hall–Kier alpha value is -2.11. The highest BCUT2D eigenvalue weighted by Crippen LogP contribution is 2.39. The van der Waals surface area contributed by atoms with E-state index in [-0.39, 0.29) is 17.6 Å². The molecule has 1 aliphatic carbocycles. The van der Waals surface area contributed by atoms with Gasteiger partial charge in [0.2, 0.25) is 0 Å². The van der Waals surface area contributed by atoms with Crippen molar-refractivity contribution in [1.82, 2.24) is 15.6 Å². The third-order valence-electron chi connectivity index (χ3n) is 6.35. The van der Waals surface area contributed by atoms with Crippen LogP contribution in [0.5, 0.6) is 0 Å². The predicted octanol–water partition coefficient (Wildman–Crippen LogP) is 7.13. The Morgan fingerprint density at radius 3 is 2.31 bits per heavy atom. The summed E-state index contributed by atoms with van der Waals surface area (Å²) in [7, 11) is 0. The third kappa shape index (κ3) is 16.2. The molecule has 1 heterocycles. The Morgan fingerprint density at radius 2 is 1.83 bits per heavy atom. The van der Waals surface area contributed by atoms with Gasteiger partial charge in [-0.15, -0.1) is 0 Å². The number of aromatic nitrogens is 1. The summed E-state index contributed by atoms with van der Waals surface area (Å²) < 4.78 is 4.80. The van der Waals surface area contributed by atoms with Gasteiger partial charge in [0.05, 0.1) is 0 Å². The second-order valence-electron chi connectivity index (χ2n) is 10.5. The lowest BCUT2D eigenvalue weighted by Gasteiger charge is -2.37. The average molecular weight is 492 g/mol. The smallest absolute Gasteiger partial charge is 0.315 e. The van der Waals surface area contributed by atoms with Crippen LogP contribution in [0, 0.1) is 23.7 Å². The normalized spacial score (nSPS) is 20.2. The lowest BCUT2D eigenvalue weighted by molar-refractivity contribution is -0.151. The van der Waals surface area contributed by atoms with Gasteiger partial charge in [0.15, 0.2) is 0 Å². The molecule has 0 saturated heterocycles. The van der Waals surface area contributed by atoms with Crippen LogP contribution < -0.4 is 10.6 Å². The van der Waals surface area contributed by atoms with E-state index in [4.69, 9.17) is 4.74 Å². The Morgan fingerprint density at radius 1 is 1.14 bits per heavy atom. The Bertz CT molecular complexity index is 688. The van der Waals surface area contributed by atoms with Crippen molar-refractivity contribution in [2.75, 3.05) is 6.54 Å². The summed E-state index contributed by atoms with van der Waals surface area (Å²) >= 11 is 0. The van der Waals surface area contributed by atoms with Crippen LogP contribution in [0.25, 0.3) is 0 Å². The molecule has 1 aliphatic rings. The van der Waals surface area contributed by atoms with Crippen LogP contribution in [-0.2, 0) is 16.1 Å². The lowest BCUT2D eigenvalue weighted by atomic mass is 9.70. The summed E-state index contributed by atoms with van der Waals surface area (Å²) in [6.45, 7) is 19.3. The van der Waals surface area contributed by atoms with Crippen LogP contribution in [0.1, 0.15) is 106 Å². The number of hydrogen-bond acceptors (Lipinski definition) is 4. The number of nitrogens with one attached hydrogen (secondary N) is 2. The second kappa shape index (κ2) is 18.2. The Labute approximate surface area is 215 Å². The summed E-state index contributed by atoms with van der Waals surface area (Å²) in [5.41, 5.74) is 0.695. The molecule has 4 unspecified atom stereocenters. The molecule has 1 fully saturated rings. The maximum Gasteiger partial charge on any atom is 0.315 e. The van der Waals surface area contributed by atoms with Gasteiger partial charge in [-0.25, -0.2) is 4.79 Å². The zero-order valence-corrected chi connectivity index (χ0v) is 23.9. The van der Waals surface area contributed by atoms with E-state index in [9.17, 15) is 9.59 Å². The molecule has 0 aliphatic heterocycles. The summed E-state index contributed by atoms with van der Waals surface area (Å²) in [5.74, 6) is 2.93. The molecule has 35 heavy (non-hydrogen) atoms. The van der Waals surface area contributed by atoms with Gasteiger partial charge < -0.3 is 15.4 Å². The second-order valence-corrected chi connectivity index (χ2v) is 10.5. The van der Waals surface area contributed by atoms with E-state index < -0.39 is 0 Å². The van der Waals surface area contributed by atoms with Gasteiger partial charge in [0.1, 0.15) is 5.60 Å². The molecule has 1 aromatic rings. The van der Waals surface area contributed by atoms with Crippen molar-refractivity contribution in [2.45, 2.75) is 113 Å². The number of nitrogens with zero attached hydrogens (tertiary/aromatic N) is 1. The van der Waals surface area contributed by atoms with Crippen molar-refractivity contribution in [3.05, 3.63) is 30.1 Å². The molecule has 6 heteroatoms. The number of urea groups is 1. The van der Waals surface area contributed by atoms with E-state index in [0.717, 1.165) is 29.9 Å². The summed E-state index contributed by atoms with van der Waals surface area (Å²) in [6.07, 6.45) is 11.3. The van der Waals surface area contributed by atoms with E-state index in [1.54, 1.807) is 12.4 Å². The van der Waals surface area contributed by atoms with Crippen molar-refractivity contribution in [2.24, 2.45) is 23.7 Å². The molecule has 2 rings (SSSR count). The summed E-state index contributed by atoms with van der Waals surface area (Å²) in [5, 5.41) is 5.99. The molecule has 1 saturated carbocycles. The van der Waals surface area contributed by atoms with Gasteiger partial charge in [-0.2, -0.15) is 0 Å². The van der Waals surface area contributed by atoms with E-state index >= 15 is 0 Å². The average Bonchev–Trinajstić information content (AvgIpc) is 2.82. The topological polar surface area (TPSA) is 80.3 Å². The maximum atomic E-state index is 12.0. The Kier molecular flexibility index (Phi) is 17.1. The van der Waals surface area contributed by atoms with Crippen LogP contribution >= 0.6 is 0 Å². The van der Waals surface area contributed by atoms with Gasteiger partial charge in [-0.3, -0.25) is 9.78 Å². The first-order chi connectivity index (χ1) is 16.5. The van der Waals surface area contributed by atoms with Crippen molar-refractivity contribution >= 4 is 12.0 Å². The van der Waals surface area contributed by atoms with Gasteiger partial charge >= 0.3 is 12.0 Å². The SMILES string of the molecule is CC.CC(=O)OC(C)(C)C.CCC(C)CC1CC(CNC(=O)NCc2cccnc2)CCC1CC. The van der Waals surface area contributed by atoms with Crippen LogP contribution in [0.4, 0.5) is 4.79 Å². The van der Waals surface area contributed by atoms with E-state index in [1.165, 1.54) is 45.4 Å². The molecule has 1 aromatic heterocycles. The fraction of sp³-hybridized carbons (Fsp3) is 0.759. The molecule has 2 N–H and O–H groups in total. The zero-order valence-electron chi connectivity index (χ0n) is 23.9. The largest absolute Gasteiger partial charge is 0.460 e. The summed E-state index contributed by atoms with van der Waals surface area (Å²) in [6, 6.07) is 3.79. The fourth-order valence-corrected chi connectivity index (χ4v) is 4.53. The van der Waals surface area contributed by atoms with Crippen LogP contribution in [0.15, 0.2) is 24.5 Å². The highest BCUT2D eigenvalue weighted by Gasteiger charge is 2.30. The molecule has 2 amide bonds. The molecule has 0 aromatic carbocycles. The minimum absolute atomic E-state index is 0.0695. The number of rotatable bonds is 8. The van der Waals surface area contributed by atoms with Crippen LogP contribution in [0.3, 0.4) is 0 Å². The predicted molar refractivity (Wildman–Crippen MR) is 146 cm³/mol. The monoisotopic (exact) mass is 491 g/mol. The van der Waals surface area contributed by atoms with Crippen molar-refractivity contribution in [3.63, 3.8) is 0 Å². The molecule has 0 bridgehead atoms. The third-order valence-corrected chi connectivity index (χ3v) is 6.35.